The SMILES string of the molecule is Cc1onc(CC(=O)N2CCC(c3ccccn3)CC2)c1-c1nn[nH]n1. The van der Waals surface area contributed by atoms with Gasteiger partial charge in [0, 0.05) is 30.9 Å². The predicted molar refractivity (Wildman–Crippen MR) is 90.9 cm³/mol. The van der Waals surface area contributed by atoms with E-state index in [9.17, 15) is 4.79 Å². The normalized spacial score (nSPS) is 15.3. The van der Waals surface area contributed by atoms with Gasteiger partial charge < -0.3 is 9.42 Å². The Bertz CT molecular complexity index is 868. The molecule has 9 heteroatoms. The van der Waals surface area contributed by atoms with Crippen molar-refractivity contribution in [2.45, 2.75) is 32.1 Å². The van der Waals surface area contributed by atoms with Crippen LogP contribution >= 0.6 is 0 Å². The molecular formula is C17H19N7O2. The molecule has 1 aliphatic heterocycles. The smallest absolute Gasteiger partial charge is 0.228 e. The van der Waals surface area contributed by atoms with Crippen molar-refractivity contribution in [3.63, 3.8) is 0 Å². The number of aryl methyl sites for hydroxylation is 1. The van der Waals surface area contributed by atoms with Gasteiger partial charge in [-0.1, -0.05) is 11.2 Å². The molecule has 0 aromatic carbocycles. The monoisotopic (exact) mass is 353 g/mol. The standard InChI is InChI=1S/C17H19N7O2/c1-11-16(17-19-22-23-20-17)14(21-26-11)10-15(25)24-8-5-12(6-9-24)13-4-2-3-7-18-13/h2-4,7,12H,5-6,8-10H2,1H3,(H,19,20,22,23). The summed E-state index contributed by atoms with van der Waals surface area (Å²) >= 11 is 0. The maximum atomic E-state index is 12.7. The van der Waals surface area contributed by atoms with Crippen LogP contribution in [0.1, 0.15) is 35.9 Å². The number of nitrogens with one attached hydrogen (secondary N) is 1. The fraction of sp³-hybridized carbons (Fsp3) is 0.412. The third-order valence-electron chi connectivity index (χ3n) is 4.77. The first-order chi connectivity index (χ1) is 12.7. The second-order valence-corrected chi connectivity index (χ2v) is 6.38. The van der Waals surface area contributed by atoms with E-state index >= 15 is 0 Å². The summed E-state index contributed by atoms with van der Waals surface area (Å²) in [5.41, 5.74) is 2.28. The zero-order chi connectivity index (χ0) is 17.9. The van der Waals surface area contributed by atoms with Crippen LogP contribution in [0.15, 0.2) is 28.9 Å². The van der Waals surface area contributed by atoms with Gasteiger partial charge in [-0.15, -0.1) is 10.2 Å². The Morgan fingerprint density at radius 1 is 1.35 bits per heavy atom. The lowest BCUT2D eigenvalue weighted by molar-refractivity contribution is -0.131. The second-order valence-electron chi connectivity index (χ2n) is 6.38. The molecule has 1 saturated heterocycles. The van der Waals surface area contributed by atoms with Gasteiger partial charge in [0.2, 0.25) is 11.7 Å². The summed E-state index contributed by atoms with van der Waals surface area (Å²) in [7, 11) is 0. The molecule has 0 bridgehead atoms. The van der Waals surface area contributed by atoms with Crippen LogP contribution in [0.3, 0.4) is 0 Å². The van der Waals surface area contributed by atoms with E-state index in [-0.39, 0.29) is 12.3 Å². The molecule has 1 N–H and O–H groups in total. The van der Waals surface area contributed by atoms with Gasteiger partial charge in [-0.25, -0.2) is 0 Å². The van der Waals surface area contributed by atoms with Gasteiger partial charge in [-0.2, -0.15) is 5.21 Å². The predicted octanol–water partition coefficient (Wildman–Crippen LogP) is 1.51. The van der Waals surface area contributed by atoms with Gasteiger partial charge in [0.1, 0.15) is 11.5 Å². The first-order valence-corrected chi connectivity index (χ1v) is 8.60. The van der Waals surface area contributed by atoms with Crippen LogP contribution in [-0.4, -0.2) is 54.7 Å². The van der Waals surface area contributed by atoms with E-state index in [2.05, 4.69) is 36.8 Å². The number of piperidine rings is 1. The van der Waals surface area contributed by atoms with E-state index in [1.807, 2.05) is 23.2 Å². The molecule has 3 aromatic rings. The highest BCUT2D eigenvalue weighted by molar-refractivity contribution is 5.80. The number of H-pyrrole nitrogens is 1. The fourth-order valence-corrected chi connectivity index (χ4v) is 3.39. The maximum Gasteiger partial charge on any atom is 0.228 e. The van der Waals surface area contributed by atoms with E-state index in [4.69, 9.17) is 4.52 Å². The number of amides is 1. The molecule has 1 amide bonds. The first-order valence-electron chi connectivity index (χ1n) is 8.60. The number of carbonyl (C=O) groups excluding carboxylic acids is 1. The molecule has 0 spiro atoms. The van der Waals surface area contributed by atoms with Gasteiger partial charge in [-0.05, 0) is 37.1 Å². The average molecular weight is 353 g/mol. The Morgan fingerprint density at radius 2 is 2.19 bits per heavy atom. The number of carbonyl (C=O) groups is 1. The third-order valence-corrected chi connectivity index (χ3v) is 4.77. The summed E-state index contributed by atoms with van der Waals surface area (Å²) in [5.74, 6) is 1.40. The van der Waals surface area contributed by atoms with Gasteiger partial charge in [0.25, 0.3) is 0 Å². The molecule has 1 fully saturated rings. The van der Waals surface area contributed by atoms with E-state index in [1.54, 1.807) is 6.92 Å². The van der Waals surface area contributed by atoms with E-state index in [0.29, 0.717) is 41.8 Å². The zero-order valence-corrected chi connectivity index (χ0v) is 14.4. The van der Waals surface area contributed by atoms with Crippen molar-refractivity contribution in [2.24, 2.45) is 0 Å². The van der Waals surface area contributed by atoms with Crippen molar-refractivity contribution in [2.75, 3.05) is 13.1 Å². The van der Waals surface area contributed by atoms with Crippen molar-refractivity contribution in [3.05, 3.63) is 41.5 Å². The molecule has 0 radical (unpaired) electrons. The van der Waals surface area contributed by atoms with Crippen LogP contribution in [0.25, 0.3) is 11.4 Å². The zero-order valence-electron chi connectivity index (χ0n) is 14.4. The highest BCUT2D eigenvalue weighted by Crippen LogP contribution is 2.28. The number of nitrogens with zero attached hydrogens (tertiary/aromatic N) is 6. The van der Waals surface area contributed by atoms with Gasteiger partial charge in [0.15, 0.2) is 0 Å². The Hall–Kier alpha value is -3.10. The van der Waals surface area contributed by atoms with Crippen molar-refractivity contribution in [3.8, 4) is 11.4 Å². The van der Waals surface area contributed by atoms with Crippen LogP contribution < -0.4 is 0 Å². The van der Waals surface area contributed by atoms with Crippen LogP contribution in [-0.2, 0) is 11.2 Å². The lowest BCUT2D eigenvalue weighted by Gasteiger charge is -2.31. The molecule has 134 valence electrons. The first kappa shape index (κ1) is 16.4. The number of aromatic nitrogens is 6. The molecule has 1 aliphatic rings. The van der Waals surface area contributed by atoms with Crippen LogP contribution in [0.4, 0.5) is 0 Å². The van der Waals surface area contributed by atoms with E-state index in [1.165, 1.54) is 0 Å². The van der Waals surface area contributed by atoms with E-state index < -0.39 is 0 Å². The molecule has 26 heavy (non-hydrogen) atoms. The van der Waals surface area contributed by atoms with Gasteiger partial charge in [-0.3, -0.25) is 9.78 Å². The summed E-state index contributed by atoms with van der Waals surface area (Å²) in [5, 5.41) is 17.9. The Kier molecular flexibility index (Phi) is 4.42. The summed E-state index contributed by atoms with van der Waals surface area (Å²) < 4.78 is 5.23. The number of tetrazole rings is 1. The number of likely N-dealkylation sites (tertiary alicyclic amines) is 1. The van der Waals surface area contributed by atoms with Crippen molar-refractivity contribution >= 4 is 5.91 Å². The van der Waals surface area contributed by atoms with E-state index in [0.717, 1.165) is 18.5 Å². The Balaban J connectivity index is 1.41. The molecule has 3 aromatic heterocycles. The van der Waals surface area contributed by atoms with Crippen molar-refractivity contribution < 1.29 is 9.32 Å². The number of aromatic amines is 1. The van der Waals surface area contributed by atoms with Gasteiger partial charge in [0.05, 0.1) is 12.0 Å². The van der Waals surface area contributed by atoms with Crippen LogP contribution in [0, 0.1) is 6.92 Å². The minimum atomic E-state index is 0.0301. The number of hydrogen-bond donors (Lipinski definition) is 1. The lowest BCUT2D eigenvalue weighted by atomic mass is 9.93. The molecule has 0 unspecified atom stereocenters. The Labute approximate surface area is 149 Å². The minimum absolute atomic E-state index is 0.0301. The molecule has 0 atom stereocenters. The maximum absolute atomic E-state index is 12.7. The molecule has 4 heterocycles. The molecule has 0 aliphatic carbocycles. The highest BCUT2D eigenvalue weighted by Gasteiger charge is 2.27. The van der Waals surface area contributed by atoms with Crippen molar-refractivity contribution in [1.29, 1.82) is 0 Å². The number of pyridine rings is 1. The molecular weight excluding hydrogens is 334 g/mol. The van der Waals surface area contributed by atoms with Crippen LogP contribution in [0.2, 0.25) is 0 Å². The minimum Gasteiger partial charge on any atom is -0.361 e. The second kappa shape index (κ2) is 7.03. The summed E-state index contributed by atoms with van der Waals surface area (Å²) in [4.78, 5) is 19.0. The molecule has 4 rings (SSSR count). The quantitative estimate of drug-likeness (QED) is 0.756. The topological polar surface area (TPSA) is 114 Å². The molecule has 0 saturated carbocycles. The Morgan fingerprint density at radius 3 is 2.88 bits per heavy atom. The summed E-state index contributed by atoms with van der Waals surface area (Å²) in [6, 6.07) is 5.98. The fourth-order valence-electron chi connectivity index (χ4n) is 3.39. The third kappa shape index (κ3) is 3.19. The summed E-state index contributed by atoms with van der Waals surface area (Å²) in [6.07, 6.45) is 3.81. The number of rotatable bonds is 4. The summed E-state index contributed by atoms with van der Waals surface area (Å²) in [6.45, 7) is 3.20. The van der Waals surface area contributed by atoms with Gasteiger partial charge >= 0.3 is 0 Å². The van der Waals surface area contributed by atoms with Crippen molar-refractivity contribution in [1.82, 2.24) is 35.7 Å². The largest absolute Gasteiger partial charge is 0.361 e. The lowest BCUT2D eigenvalue weighted by Crippen LogP contribution is -2.39. The molecule has 9 nitrogen and oxygen atoms in total. The number of hydrogen-bond acceptors (Lipinski definition) is 7. The highest BCUT2D eigenvalue weighted by atomic mass is 16.5. The van der Waals surface area contributed by atoms with Crippen LogP contribution in [0.5, 0.6) is 0 Å². The average Bonchev–Trinajstić information content (AvgIpc) is 3.32.